The Morgan fingerprint density at radius 1 is 0.878 bits per heavy atom. The first-order valence-corrected chi connectivity index (χ1v) is 14.6. The summed E-state index contributed by atoms with van der Waals surface area (Å²) in [5, 5.41) is 4.08. The van der Waals surface area contributed by atoms with Gasteiger partial charge in [-0.05, 0) is 90.1 Å². The van der Waals surface area contributed by atoms with Crippen molar-refractivity contribution in [2.75, 3.05) is 6.54 Å². The third kappa shape index (κ3) is 4.31. The Labute approximate surface area is 244 Å². The lowest BCUT2D eigenvalue weighted by atomic mass is 9.63. The van der Waals surface area contributed by atoms with Crippen molar-refractivity contribution in [1.82, 2.24) is 10.0 Å². The molecule has 1 aromatic heterocycles. The molecule has 41 heavy (non-hydrogen) atoms. The molecular formula is C31H23ClN2O6S. The molecule has 0 radical (unpaired) electrons. The standard InChI is InChI=1S/C31H23ClN2O6S/c32-18-7-3-17(4-8-18)28(36)33(34-29(37)26-20-11-12-21(23-14-22(20)23)27(26)30(34)38)15-24(35)16-5-9-19(10-6-16)40-31(39)25-2-1-13-41-25/h1-13,20-23,26-27H,14-15H2/t20-,21-,22-,23+,26-,27+/m0/s1. The van der Waals surface area contributed by atoms with Gasteiger partial charge >= 0.3 is 5.97 Å². The number of thiophene rings is 1. The van der Waals surface area contributed by atoms with Crippen LogP contribution in [-0.2, 0) is 9.59 Å². The summed E-state index contributed by atoms with van der Waals surface area (Å²) in [5.74, 6) is -2.54. The number of carbonyl (C=O) groups excluding carboxylic acids is 5. The number of hydrogen-bond acceptors (Lipinski definition) is 7. The Morgan fingerprint density at radius 3 is 2.07 bits per heavy atom. The van der Waals surface area contributed by atoms with Gasteiger partial charge in [-0.2, -0.15) is 5.01 Å². The fourth-order valence-corrected chi connectivity index (χ4v) is 7.37. The quantitative estimate of drug-likeness (QED) is 0.128. The lowest BCUT2D eigenvalue weighted by Gasteiger charge is -2.37. The number of halogens is 1. The Bertz CT molecular complexity index is 1580. The summed E-state index contributed by atoms with van der Waals surface area (Å²) in [4.78, 5) is 67.5. The minimum absolute atomic E-state index is 0.0240. The zero-order valence-electron chi connectivity index (χ0n) is 21.5. The third-order valence-corrected chi connectivity index (χ3v) is 9.71. The summed E-state index contributed by atoms with van der Waals surface area (Å²) >= 11 is 7.27. The van der Waals surface area contributed by atoms with Crippen LogP contribution in [0.2, 0.25) is 5.02 Å². The predicted octanol–water partition coefficient (Wildman–Crippen LogP) is 4.91. The van der Waals surface area contributed by atoms with Crippen molar-refractivity contribution in [1.29, 1.82) is 0 Å². The summed E-state index contributed by atoms with van der Waals surface area (Å²) in [6.07, 6.45) is 5.12. The second kappa shape index (κ2) is 9.78. The molecule has 2 bridgehead atoms. The van der Waals surface area contributed by atoms with E-state index in [1.807, 2.05) is 0 Å². The van der Waals surface area contributed by atoms with Gasteiger partial charge in [-0.1, -0.05) is 29.8 Å². The van der Waals surface area contributed by atoms with Gasteiger partial charge in [-0.3, -0.25) is 19.2 Å². The van der Waals surface area contributed by atoms with Gasteiger partial charge in [0.1, 0.15) is 17.2 Å². The summed E-state index contributed by atoms with van der Waals surface area (Å²) in [5.41, 5.74) is 0.423. The molecule has 2 aromatic carbocycles. The van der Waals surface area contributed by atoms with Crippen molar-refractivity contribution < 1.29 is 28.7 Å². The lowest BCUT2D eigenvalue weighted by molar-refractivity contribution is -0.154. The molecule has 5 aliphatic rings. The normalized spacial score (nSPS) is 26.9. The van der Waals surface area contributed by atoms with Crippen molar-refractivity contribution in [3.05, 3.63) is 99.2 Å². The largest absolute Gasteiger partial charge is 0.422 e. The average molecular weight is 587 g/mol. The van der Waals surface area contributed by atoms with Crippen LogP contribution in [-0.4, -0.2) is 46.0 Å². The topological polar surface area (TPSA) is 101 Å². The number of allylic oxidation sites excluding steroid dienone is 2. The highest BCUT2D eigenvalue weighted by Gasteiger charge is 2.68. The molecule has 3 fully saturated rings. The maximum atomic E-state index is 13.8. The molecule has 0 unspecified atom stereocenters. The van der Waals surface area contributed by atoms with Gasteiger partial charge in [-0.15, -0.1) is 11.3 Å². The molecule has 0 spiro atoms. The van der Waals surface area contributed by atoms with Crippen LogP contribution in [0.15, 0.2) is 78.2 Å². The summed E-state index contributed by atoms with van der Waals surface area (Å²) in [6, 6.07) is 15.4. The van der Waals surface area contributed by atoms with Crippen molar-refractivity contribution >= 4 is 52.4 Å². The van der Waals surface area contributed by atoms with E-state index in [2.05, 4.69) is 12.2 Å². The van der Waals surface area contributed by atoms with E-state index in [4.69, 9.17) is 16.3 Å². The highest BCUT2D eigenvalue weighted by Crippen LogP contribution is 2.65. The Kier molecular flexibility index (Phi) is 6.17. The van der Waals surface area contributed by atoms with E-state index in [1.54, 1.807) is 17.5 Å². The first-order chi connectivity index (χ1) is 19.8. The molecule has 8 rings (SSSR count). The molecule has 1 saturated heterocycles. The highest BCUT2D eigenvalue weighted by molar-refractivity contribution is 7.12. The number of hydrogen-bond donors (Lipinski definition) is 0. The number of ether oxygens (including phenoxy) is 1. The number of rotatable bonds is 7. The van der Waals surface area contributed by atoms with E-state index in [0.29, 0.717) is 21.7 Å². The maximum absolute atomic E-state index is 13.8. The van der Waals surface area contributed by atoms with E-state index in [1.165, 1.54) is 59.9 Å². The first-order valence-electron chi connectivity index (χ1n) is 13.3. The number of carbonyl (C=O) groups is 5. The molecule has 6 atom stereocenters. The molecule has 1 aliphatic heterocycles. The lowest BCUT2D eigenvalue weighted by Crippen LogP contribution is -2.52. The molecule has 10 heteroatoms. The SMILES string of the molecule is O=C(CN(C(=O)c1ccc(Cl)cc1)N1C(=O)[C@@H]2[C@H]3C=C[C@@H]([C@@H]4C[C@H]34)[C@@H]2C1=O)c1ccc(OC(=O)c2cccs2)cc1. The molecule has 206 valence electrons. The van der Waals surface area contributed by atoms with E-state index in [-0.39, 0.29) is 28.7 Å². The number of hydrazine groups is 1. The van der Waals surface area contributed by atoms with Gasteiger partial charge < -0.3 is 4.74 Å². The van der Waals surface area contributed by atoms with E-state index >= 15 is 0 Å². The zero-order chi connectivity index (χ0) is 28.4. The number of benzene rings is 2. The van der Waals surface area contributed by atoms with Gasteiger partial charge in [0, 0.05) is 16.1 Å². The molecular weight excluding hydrogens is 564 g/mol. The number of Topliss-reactive ketones (excluding diaryl/α,β-unsaturated/α-hetero) is 1. The summed E-state index contributed by atoms with van der Waals surface area (Å²) in [7, 11) is 0. The minimum atomic E-state index is -0.651. The molecule has 4 aliphatic carbocycles. The molecule has 0 N–H and O–H groups in total. The summed E-state index contributed by atoms with van der Waals surface area (Å²) in [6.45, 7) is -0.525. The molecule has 3 aromatic rings. The average Bonchev–Trinajstić information content (AvgIpc) is 3.55. The van der Waals surface area contributed by atoms with Crippen molar-refractivity contribution in [3.63, 3.8) is 0 Å². The second-order valence-electron chi connectivity index (χ2n) is 10.8. The van der Waals surface area contributed by atoms with E-state index < -0.39 is 47.9 Å². The van der Waals surface area contributed by atoms with Gasteiger partial charge in [0.05, 0.1) is 11.8 Å². The molecule has 2 saturated carbocycles. The number of nitrogens with zero attached hydrogens (tertiary/aromatic N) is 2. The van der Waals surface area contributed by atoms with Crippen molar-refractivity contribution in [2.45, 2.75) is 6.42 Å². The zero-order valence-corrected chi connectivity index (χ0v) is 23.1. The Hall–Kier alpha value is -4.08. The smallest absolute Gasteiger partial charge is 0.353 e. The van der Waals surface area contributed by atoms with Crippen molar-refractivity contribution in [2.24, 2.45) is 35.5 Å². The van der Waals surface area contributed by atoms with Gasteiger partial charge in [-0.25, -0.2) is 9.80 Å². The predicted molar refractivity (Wildman–Crippen MR) is 149 cm³/mol. The van der Waals surface area contributed by atoms with Crippen LogP contribution in [0, 0.1) is 35.5 Å². The van der Waals surface area contributed by atoms with Crippen LogP contribution in [0.4, 0.5) is 0 Å². The van der Waals surface area contributed by atoms with Crippen LogP contribution in [0.5, 0.6) is 5.75 Å². The fraction of sp³-hybridized carbons (Fsp3) is 0.258. The van der Waals surface area contributed by atoms with E-state index in [9.17, 15) is 24.0 Å². The molecule has 2 heterocycles. The summed E-state index contributed by atoms with van der Waals surface area (Å²) < 4.78 is 5.36. The molecule has 8 nitrogen and oxygen atoms in total. The van der Waals surface area contributed by atoms with Crippen LogP contribution in [0.3, 0.4) is 0 Å². The van der Waals surface area contributed by atoms with Gasteiger partial charge in [0.25, 0.3) is 17.7 Å². The maximum Gasteiger partial charge on any atom is 0.353 e. The molecule has 3 amide bonds. The van der Waals surface area contributed by atoms with Gasteiger partial charge in [0.2, 0.25) is 0 Å². The van der Waals surface area contributed by atoms with Crippen LogP contribution in [0.25, 0.3) is 0 Å². The van der Waals surface area contributed by atoms with E-state index in [0.717, 1.165) is 16.4 Å². The third-order valence-electron chi connectivity index (χ3n) is 8.61. The number of amides is 3. The number of esters is 1. The Balaban J connectivity index is 1.15. The van der Waals surface area contributed by atoms with Gasteiger partial charge in [0.15, 0.2) is 5.78 Å². The fourth-order valence-electron chi connectivity index (χ4n) is 6.64. The number of imide groups is 1. The monoisotopic (exact) mass is 586 g/mol. The van der Waals surface area contributed by atoms with Crippen LogP contribution >= 0.6 is 22.9 Å². The first kappa shape index (κ1) is 25.9. The van der Waals surface area contributed by atoms with Crippen LogP contribution in [0.1, 0.15) is 36.8 Å². The highest BCUT2D eigenvalue weighted by atomic mass is 35.5. The van der Waals surface area contributed by atoms with Crippen molar-refractivity contribution in [3.8, 4) is 5.75 Å². The number of ketones is 1. The minimum Gasteiger partial charge on any atom is -0.422 e. The van der Waals surface area contributed by atoms with Crippen LogP contribution < -0.4 is 4.74 Å². The second-order valence-corrected chi connectivity index (χ2v) is 12.2. The Morgan fingerprint density at radius 2 is 1.49 bits per heavy atom.